The number of aliphatic hydroxyl groups is 1. The molecule has 0 unspecified atom stereocenters. The number of ketones is 1. The molecule has 0 aromatic heterocycles. The van der Waals surface area contributed by atoms with Crippen LogP contribution in [0.1, 0.15) is 55.0 Å². The maximum absolute atomic E-state index is 13.2. The molecule has 2 fully saturated rings. The largest absolute Gasteiger partial charge is 0.507 e. The van der Waals surface area contributed by atoms with Gasteiger partial charge in [-0.15, -0.1) is 0 Å². The van der Waals surface area contributed by atoms with Gasteiger partial charge in [0.05, 0.1) is 17.7 Å². The lowest BCUT2D eigenvalue weighted by Crippen LogP contribution is -2.36. The van der Waals surface area contributed by atoms with E-state index in [1.807, 2.05) is 43.3 Å². The van der Waals surface area contributed by atoms with Crippen LogP contribution in [0.25, 0.3) is 5.76 Å². The molecule has 0 saturated carbocycles. The van der Waals surface area contributed by atoms with Crippen molar-refractivity contribution in [2.75, 3.05) is 13.2 Å². The number of hydrogen-bond donors (Lipinski definition) is 1. The van der Waals surface area contributed by atoms with Gasteiger partial charge in [-0.05, 0) is 61.1 Å². The second-order valence-corrected chi connectivity index (χ2v) is 9.14. The number of nitrogens with zero attached hydrogens (tertiary/aromatic N) is 1. The molecular weight excluding hydrogens is 418 g/mol. The highest BCUT2D eigenvalue weighted by Gasteiger charge is 2.47. The molecule has 3 heterocycles. The number of fused-ring (bicyclic) bond motifs is 1. The second kappa shape index (κ2) is 8.67. The highest BCUT2D eigenvalue weighted by molar-refractivity contribution is 6.46. The molecule has 1 amide bonds. The summed E-state index contributed by atoms with van der Waals surface area (Å²) in [5.41, 5.74) is 3.63. The van der Waals surface area contributed by atoms with E-state index < -0.39 is 17.7 Å². The van der Waals surface area contributed by atoms with Gasteiger partial charge < -0.3 is 19.5 Å². The van der Waals surface area contributed by atoms with Crippen LogP contribution in [0.2, 0.25) is 0 Å². The summed E-state index contributed by atoms with van der Waals surface area (Å²) in [6, 6.07) is 12.7. The zero-order valence-corrected chi connectivity index (χ0v) is 19.0. The van der Waals surface area contributed by atoms with E-state index in [0.717, 1.165) is 42.6 Å². The van der Waals surface area contributed by atoms with Crippen molar-refractivity contribution in [1.29, 1.82) is 0 Å². The summed E-state index contributed by atoms with van der Waals surface area (Å²) in [5.74, 6) is -0.588. The van der Waals surface area contributed by atoms with Gasteiger partial charge in [0, 0.05) is 25.1 Å². The number of carbonyl (C=O) groups is 2. The molecule has 2 aromatic rings. The lowest BCUT2D eigenvalue weighted by molar-refractivity contribution is -0.140. The number of hydrogen-bond acceptors (Lipinski definition) is 5. The van der Waals surface area contributed by atoms with Crippen LogP contribution in [0.4, 0.5) is 0 Å². The Labute approximate surface area is 193 Å². The summed E-state index contributed by atoms with van der Waals surface area (Å²) in [4.78, 5) is 27.9. The average molecular weight is 448 g/mol. The predicted octanol–water partition coefficient (Wildman–Crippen LogP) is 4.17. The van der Waals surface area contributed by atoms with Gasteiger partial charge in [0.1, 0.15) is 17.6 Å². The number of ether oxygens (including phenoxy) is 2. The van der Waals surface area contributed by atoms with Crippen molar-refractivity contribution >= 4 is 17.4 Å². The summed E-state index contributed by atoms with van der Waals surface area (Å²) in [6.45, 7) is 5.07. The topological polar surface area (TPSA) is 76.1 Å². The summed E-state index contributed by atoms with van der Waals surface area (Å²) in [7, 11) is 0. The smallest absolute Gasteiger partial charge is 0.295 e. The normalized spacial score (nSPS) is 26.0. The van der Waals surface area contributed by atoms with Crippen molar-refractivity contribution in [3.8, 4) is 5.75 Å². The summed E-state index contributed by atoms with van der Waals surface area (Å²) >= 11 is 0. The van der Waals surface area contributed by atoms with Crippen molar-refractivity contribution in [2.45, 2.75) is 57.8 Å². The van der Waals surface area contributed by atoms with Gasteiger partial charge in [-0.1, -0.05) is 31.2 Å². The van der Waals surface area contributed by atoms with Crippen LogP contribution >= 0.6 is 0 Å². The van der Waals surface area contributed by atoms with Crippen LogP contribution < -0.4 is 4.74 Å². The number of rotatable bonds is 5. The van der Waals surface area contributed by atoms with Gasteiger partial charge in [0.2, 0.25) is 0 Å². The van der Waals surface area contributed by atoms with Crippen LogP contribution in [-0.2, 0) is 27.2 Å². The molecule has 1 N–H and O–H groups in total. The van der Waals surface area contributed by atoms with Crippen LogP contribution in [0.15, 0.2) is 48.0 Å². The molecule has 0 spiro atoms. The fourth-order valence-electron chi connectivity index (χ4n) is 5.08. The number of likely N-dealkylation sites (tertiary alicyclic amines) is 1. The molecule has 172 valence electrons. The van der Waals surface area contributed by atoms with E-state index in [-0.39, 0.29) is 23.5 Å². The minimum atomic E-state index is -0.653. The lowest BCUT2D eigenvalue weighted by Gasteiger charge is -2.27. The van der Waals surface area contributed by atoms with E-state index in [9.17, 15) is 14.7 Å². The Morgan fingerprint density at radius 3 is 2.64 bits per heavy atom. The van der Waals surface area contributed by atoms with Crippen LogP contribution in [0.5, 0.6) is 5.75 Å². The van der Waals surface area contributed by atoms with Gasteiger partial charge >= 0.3 is 0 Å². The Morgan fingerprint density at radius 1 is 1.15 bits per heavy atom. The van der Waals surface area contributed by atoms with Crippen molar-refractivity contribution < 1.29 is 24.2 Å². The summed E-state index contributed by atoms with van der Waals surface area (Å²) < 4.78 is 11.5. The van der Waals surface area contributed by atoms with Gasteiger partial charge in [0.15, 0.2) is 0 Å². The first-order chi connectivity index (χ1) is 16.0. The number of benzene rings is 2. The van der Waals surface area contributed by atoms with Crippen molar-refractivity contribution in [2.24, 2.45) is 0 Å². The predicted molar refractivity (Wildman–Crippen MR) is 124 cm³/mol. The van der Waals surface area contributed by atoms with Crippen LogP contribution in [0.3, 0.4) is 0 Å². The van der Waals surface area contributed by atoms with E-state index in [2.05, 4.69) is 6.92 Å². The van der Waals surface area contributed by atoms with Crippen molar-refractivity contribution in [1.82, 2.24) is 4.90 Å². The molecule has 3 atom stereocenters. The molecule has 6 heteroatoms. The maximum Gasteiger partial charge on any atom is 0.295 e. The average Bonchev–Trinajstić information content (AvgIpc) is 3.53. The second-order valence-electron chi connectivity index (χ2n) is 9.14. The molecule has 5 rings (SSSR count). The third kappa shape index (κ3) is 3.93. The summed E-state index contributed by atoms with van der Waals surface area (Å²) in [6.07, 6.45) is 3.41. The van der Waals surface area contributed by atoms with Crippen LogP contribution in [-0.4, -0.2) is 47.1 Å². The van der Waals surface area contributed by atoms with Gasteiger partial charge in [0.25, 0.3) is 11.7 Å². The standard InChI is InChI=1S/C27H29NO5/c1-3-17-6-8-18(9-7-17)24-23(26(30)27(31)28(24)15-21-5-4-12-32-21)25(29)19-10-11-22-20(14-19)13-16(2)33-22/h6-11,14,16,21,24,29H,3-5,12-13,15H2,1-2H3/t16-,21-,24-/m1/s1. The minimum absolute atomic E-state index is 0.0754. The fraction of sp³-hybridized carbons (Fsp3) is 0.407. The Morgan fingerprint density at radius 2 is 1.94 bits per heavy atom. The van der Waals surface area contributed by atoms with E-state index in [1.165, 1.54) is 5.56 Å². The Kier molecular flexibility index (Phi) is 5.71. The number of amides is 1. The maximum atomic E-state index is 13.2. The van der Waals surface area contributed by atoms with Crippen LogP contribution in [0, 0.1) is 0 Å². The van der Waals surface area contributed by atoms with Gasteiger partial charge in [-0.3, -0.25) is 9.59 Å². The van der Waals surface area contributed by atoms with E-state index in [0.29, 0.717) is 18.7 Å². The molecule has 2 aromatic carbocycles. The third-order valence-corrected chi connectivity index (χ3v) is 6.84. The van der Waals surface area contributed by atoms with Gasteiger partial charge in [-0.25, -0.2) is 0 Å². The number of Topliss-reactive ketones (excluding diaryl/α,β-unsaturated/α-hetero) is 1. The summed E-state index contributed by atoms with van der Waals surface area (Å²) in [5, 5.41) is 11.3. The molecule has 6 nitrogen and oxygen atoms in total. The van der Waals surface area contributed by atoms with Gasteiger partial charge in [-0.2, -0.15) is 0 Å². The first-order valence-corrected chi connectivity index (χ1v) is 11.7. The number of aryl methyl sites for hydroxylation is 1. The molecular formula is C27H29NO5. The lowest BCUT2D eigenvalue weighted by atomic mass is 9.93. The molecule has 2 saturated heterocycles. The van der Waals surface area contributed by atoms with E-state index in [4.69, 9.17) is 9.47 Å². The monoisotopic (exact) mass is 447 g/mol. The Hall–Kier alpha value is -3.12. The Balaban J connectivity index is 1.59. The number of aliphatic hydroxyl groups excluding tert-OH is 1. The highest BCUT2D eigenvalue weighted by atomic mass is 16.5. The third-order valence-electron chi connectivity index (χ3n) is 6.84. The molecule has 0 aliphatic carbocycles. The Bertz CT molecular complexity index is 1110. The quantitative estimate of drug-likeness (QED) is 0.423. The van der Waals surface area contributed by atoms with E-state index in [1.54, 1.807) is 11.0 Å². The molecule has 0 bridgehead atoms. The zero-order chi connectivity index (χ0) is 23.1. The number of carbonyl (C=O) groups excluding carboxylic acids is 2. The first-order valence-electron chi connectivity index (χ1n) is 11.7. The first kappa shape index (κ1) is 21.7. The minimum Gasteiger partial charge on any atom is -0.507 e. The fourth-order valence-corrected chi connectivity index (χ4v) is 5.08. The molecule has 33 heavy (non-hydrogen) atoms. The molecule has 3 aliphatic heterocycles. The SMILES string of the molecule is CCc1ccc([C@@H]2C(=C(O)c3ccc4c(c3)C[C@@H](C)O4)C(=O)C(=O)N2C[C@H]2CCCO2)cc1. The van der Waals surface area contributed by atoms with E-state index >= 15 is 0 Å². The molecule has 3 aliphatic rings. The zero-order valence-electron chi connectivity index (χ0n) is 19.0. The van der Waals surface area contributed by atoms with Crippen molar-refractivity contribution in [3.63, 3.8) is 0 Å². The highest BCUT2D eigenvalue weighted by Crippen LogP contribution is 2.41. The van der Waals surface area contributed by atoms with Crippen molar-refractivity contribution in [3.05, 3.63) is 70.3 Å². The molecule has 0 radical (unpaired) electrons.